The van der Waals surface area contributed by atoms with Crippen LogP contribution in [0.4, 0.5) is 0 Å². The van der Waals surface area contributed by atoms with Crippen LogP contribution in [0.3, 0.4) is 0 Å². The van der Waals surface area contributed by atoms with Gasteiger partial charge in [-0.05, 0) is 34.0 Å². The van der Waals surface area contributed by atoms with Crippen molar-refractivity contribution in [2.45, 2.75) is 12.5 Å². The molecule has 0 fully saturated rings. The predicted molar refractivity (Wildman–Crippen MR) is 61.2 cm³/mol. The lowest BCUT2D eigenvalue weighted by Gasteiger charge is -2.09. The maximum absolute atomic E-state index is 10.9. The van der Waals surface area contributed by atoms with Gasteiger partial charge in [-0.2, -0.15) is 0 Å². The summed E-state index contributed by atoms with van der Waals surface area (Å²) < 4.78 is 22.6. The Morgan fingerprint density at radius 2 is 2.20 bits per heavy atom. The van der Waals surface area contributed by atoms with Crippen LogP contribution in [-0.4, -0.2) is 30.5 Å². The number of hydrogen-bond acceptors (Lipinski definition) is 4. The zero-order chi connectivity index (χ0) is 11.5. The zero-order valence-electron chi connectivity index (χ0n) is 8.22. The molecule has 0 aromatic carbocycles. The molecule has 0 amide bonds. The molecule has 1 atom stereocenters. The molecule has 0 spiro atoms. The average Bonchev–Trinajstić information content (AvgIpc) is 2.13. The summed E-state index contributed by atoms with van der Waals surface area (Å²) in [4.78, 5) is 3.89. The largest absolute Gasteiger partial charge is 0.388 e. The first kappa shape index (κ1) is 12.6. The SMILES string of the molecule is CS(=O)(=O)CCC(O)c1cncc(Br)c1. The molecular weight excluding hydrogens is 282 g/mol. The van der Waals surface area contributed by atoms with Crippen LogP contribution in [0.1, 0.15) is 18.1 Å². The topological polar surface area (TPSA) is 67.3 Å². The molecule has 1 aromatic heterocycles. The number of sulfone groups is 1. The van der Waals surface area contributed by atoms with Crippen molar-refractivity contribution >= 4 is 25.8 Å². The third kappa shape index (κ3) is 4.72. The smallest absolute Gasteiger partial charge is 0.147 e. The fourth-order valence-corrected chi connectivity index (χ4v) is 2.14. The van der Waals surface area contributed by atoms with E-state index in [9.17, 15) is 13.5 Å². The molecule has 1 heterocycles. The van der Waals surface area contributed by atoms with E-state index in [-0.39, 0.29) is 12.2 Å². The summed E-state index contributed by atoms with van der Waals surface area (Å²) in [5.41, 5.74) is 0.619. The Morgan fingerprint density at radius 3 is 2.73 bits per heavy atom. The van der Waals surface area contributed by atoms with Gasteiger partial charge in [0.2, 0.25) is 0 Å². The molecular formula is C9H12BrNO3S. The van der Waals surface area contributed by atoms with Crippen LogP contribution < -0.4 is 0 Å². The molecule has 1 N–H and O–H groups in total. The van der Waals surface area contributed by atoms with Crippen LogP contribution >= 0.6 is 15.9 Å². The first-order valence-electron chi connectivity index (χ1n) is 4.35. The van der Waals surface area contributed by atoms with Gasteiger partial charge in [-0.3, -0.25) is 4.98 Å². The summed E-state index contributed by atoms with van der Waals surface area (Å²) in [7, 11) is -3.03. The van der Waals surface area contributed by atoms with Gasteiger partial charge >= 0.3 is 0 Å². The van der Waals surface area contributed by atoms with Crippen LogP contribution in [0.25, 0.3) is 0 Å². The van der Waals surface area contributed by atoms with Crippen molar-refractivity contribution < 1.29 is 13.5 Å². The van der Waals surface area contributed by atoms with Crippen molar-refractivity contribution in [1.29, 1.82) is 0 Å². The van der Waals surface area contributed by atoms with E-state index in [0.717, 1.165) is 10.7 Å². The van der Waals surface area contributed by atoms with E-state index in [2.05, 4.69) is 20.9 Å². The minimum absolute atomic E-state index is 0.0271. The second kappa shape index (κ2) is 5.05. The van der Waals surface area contributed by atoms with E-state index >= 15 is 0 Å². The highest BCUT2D eigenvalue weighted by atomic mass is 79.9. The van der Waals surface area contributed by atoms with Crippen LogP contribution in [0.5, 0.6) is 0 Å². The van der Waals surface area contributed by atoms with Gasteiger partial charge in [0.25, 0.3) is 0 Å². The van der Waals surface area contributed by atoms with E-state index in [1.165, 1.54) is 6.20 Å². The first-order chi connectivity index (χ1) is 6.88. The highest BCUT2D eigenvalue weighted by Crippen LogP contribution is 2.19. The molecule has 0 saturated carbocycles. The van der Waals surface area contributed by atoms with Gasteiger partial charge in [-0.1, -0.05) is 0 Å². The van der Waals surface area contributed by atoms with E-state index in [1.807, 2.05) is 0 Å². The Balaban J connectivity index is 2.65. The van der Waals surface area contributed by atoms with Gasteiger partial charge in [-0.25, -0.2) is 8.42 Å². The van der Waals surface area contributed by atoms with E-state index in [4.69, 9.17) is 0 Å². The molecule has 1 rings (SSSR count). The Hall–Kier alpha value is -0.460. The monoisotopic (exact) mass is 293 g/mol. The molecule has 1 unspecified atom stereocenters. The summed E-state index contributed by atoms with van der Waals surface area (Å²) in [6.07, 6.45) is 3.69. The fourth-order valence-electron chi connectivity index (χ4n) is 1.10. The minimum Gasteiger partial charge on any atom is -0.388 e. The Kier molecular flexibility index (Phi) is 4.24. The average molecular weight is 294 g/mol. The fraction of sp³-hybridized carbons (Fsp3) is 0.444. The molecule has 0 radical (unpaired) electrons. The molecule has 0 aliphatic rings. The van der Waals surface area contributed by atoms with E-state index in [1.54, 1.807) is 12.3 Å². The van der Waals surface area contributed by atoms with Gasteiger partial charge in [0.1, 0.15) is 9.84 Å². The van der Waals surface area contributed by atoms with Gasteiger partial charge in [0.15, 0.2) is 0 Å². The van der Waals surface area contributed by atoms with Crippen LogP contribution in [0, 0.1) is 0 Å². The predicted octanol–water partition coefficient (Wildman–Crippen LogP) is 1.31. The summed E-state index contributed by atoms with van der Waals surface area (Å²) in [5.74, 6) is -0.0271. The van der Waals surface area contributed by atoms with E-state index < -0.39 is 15.9 Å². The Labute approximate surface area is 97.4 Å². The first-order valence-corrected chi connectivity index (χ1v) is 7.20. The maximum atomic E-state index is 10.9. The number of nitrogens with zero attached hydrogens (tertiary/aromatic N) is 1. The Morgan fingerprint density at radius 1 is 1.53 bits per heavy atom. The third-order valence-electron chi connectivity index (χ3n) is 1.87. The van der Waals surface area contributed by atoms with Crippen molar-refractivity contribution in [2.24, 2.45) is 0 Å². The van der Waals surface area contributed by atoms with Crippen LogP contribution in [-0.2, 0) is 9.84 Å². The molecule has 0 bridgehead atoms. The minimum atomic E-state index is -3.03. The molecule has 6 heteroatoms. The van der Waals surface area contributed by atoms with E-state index in [0.29, 0.717) is 5.56 Å². The van der Waals surface area contributed by atoms with Crippen LogP contribution in [0.2, 0.25) is 0 Å². The number of hydrogen-bond donors (Lipinski definition) is 1. The quantitative estimate of drug-likeness (QED) is 0.909. The number of pyridine rings is 1. The summed E-state index contributed by atoms with van der Waals surface area (Å²) in [6.45, 7) is 0. The summed E-state index contributed by atoms with van der Waals surface area (Å²) in [6, 6.07) is 1.72. The summed E-state index contributed by atoms with van der Waals surface area (Å²) >= 11 is 3.23. The van der Waals surface area contributed by atoms with Crippen molar-refractivity contribution in [2.75, 3.05) is 12.0 Å². The van der Waals surface area contributed by atoms with Crippen molar-refractivity contribution in [3.8, 4) is 0 Å². The number of aliphatic hydroxyl groups excluding tert-OH is 1. The molecule has 0 aliphatic heterocycles. The van der Waals surface area contributed by atoms with Gasteiger partial charge < -0.3 is 5.11 Å². The van der Waals surface area contributed by atoms with Gasteiger partial charge in [0, 0.05) is 23.1 Å². The van der Waals surface area contributed by atoms with Crippen molar-refractivity contribution in [1.82, 2.24) is 4.98 Å². The number of rotatable bonds is 4. The molecule has 84 valence electrons. The van der Waals surface area contributed by atoms with Gasteiger partial charge in [-0.15, -0.1) is 0 Å². The summed E-state index contributed by atoms with van der Waals surface area (Å²) in [5, 5.41) is 9.68. The zero-order valence-corrected chi connectivity index (χ0v) is 10.6. The molecule has 0 aliphatic carbocycles. The lowest BCUT2D eigenvalue weighted by Crippen LogP contribution is -2.08. The maximum Gasteiger partial charge on any atom is 0.147 e. The Bertz CT molecular complexity index is 433. The van der Waals surface area contributed by atoms with Crippen molar-refractivity contribution in [3.63, 3.8) is 0 Å². The number of halogens is 1. The highest BCUT2D eigenvalue weighted by Gasteiger charge is 2.11. The second-order valence-electron chi connectivity index (χ2n) is 3.37. The third-order valence-corrected chi connectivity index (χ3v) is 3.28. The molecule has 4 nitrogen and oxygen atoms in total. The standard InChI is InChI=1S/C9H12BrNO3S/c1-15(13,14)3-2-9(12)7-4-8(10)6-11-5-7/h4-6,9,12H,2-3H2,1H3. The molecule has 0 saturated heterocycles. The molecule has 1 aromatic rings. The highest BCUT2D eigenvalue weighted by molar-refractivity contribution is 9.10. The lowest BCUT2D eigenvalue weighted by atomic mass is 10.1. The second-order valence-corrected chi connectivity index (χ2v) is 6.55. The lowest BCUT2D eigenvalue weighted by molar-refractivity contribution is 0.174. The van der Waals surface area contributed by atoms with Crippen molar-refractivity contribution in [3.05, 3.63) is 28.5 Å². The van der Waals surface area contributed by atoms with Crippen LogP contribution in [0.15, 0.2) is 22.9 Å². The van der Waals surface area contributed by atoms with Gasteiger partial charge in [0.05, 0.1) is 11.9 Å². The normalized spacial score (nSPS) is 13.8. The number of aromatic nitrogens is 1. The number of aliphatic hydroxyl groups is 1. The molecule has 15 heavy (non-hydrogen) atoms.